The molecule has 0 aliphatic carbocycles. The lowest BCUT2D eigenvalue weighted by atomic mass is 10.1. The number of benzene rings is 1. The second kappa shape index (κ2) is 5.49. The molecule has 100 valence electrons. The van der Waals surface area contributed by atoms with Gasteiger partial charge in [-0.1, -0.05) is 0 Å². The average molecular weight is 312 g/mol. The van der Waals surface area contributed by atoms with Crippen LogP contribution in [0.15, 0.2) is 16.6 Å². The summed E-state index contributed by atoms with van der Waals surface area (Å²) in [5.74, 6) is 0. The molecule has 1 aliphatic rings. The number of anilines is 2. The minimum absolute atomic E-state index is 0.610. The van der Waals surface area contributed by atoms with Crippen LogP contribution in [0.5, 0.6) is 0 Å². The maximum absolute atomic E-state index is 5.95. The first-order valence-corrected chi connectivity index (χ1v) is 7.25. The molecule has 18 heavy (non-hydrogen) atoms. The third-order valence-electron chi connectivity index (χ3n) is 3.60. The van der Waals surface area contributed by atoms with Gasteiger partial charge in [0.2, 0.25) is 0 Å². The van der Waals surface area contributed by atoms with Crippen molar-refractivity contribution in [2.24, 2.45) is 0 Å². The summed E-state index contributed by atoms with van der Waals surface area (Å²) < 4.78 is 1.11. The Morgan fingerprint density at radius 1 is 1.44 bits per heavy atom. The molecule has 1 aliphatic heterocycles. The van der Waals surface area contributed by atoms with Crippen LogP contribution in [-0.4, -0.2) is 38.1 Å². The number of hydrogen-bond donors (Lipinski definition) is 1. The first-order valence-electron chi connectivity index (χ1n) is 6.46. The molecule has 0 bridgehead atoms. The summed E-state index contributed by atoms with van der Waals surface area (Å²) in [5.41, 5.74) is 9.24. The standard InChI is InChI=1S/C14H22BrN3/c1-10-7-14(12(15)8-13(10)16)18-6-4-5-11(18)9-17(2)3/h7-8,11H,4-6,9,16H2,1-3H3. The van der Waals surface area contributed by atoms with Crippen molar-refractivity contribution in [2.45, 2.75) is 25.8 Å². The van der Waals surface area contributed by atoms with Gasteiger partial charge >= 0.3 is 0 Å². The summed E-state index contributed by atoms with van der Waals surface area (Å²) in [7, 11) is 4.28. The van der Waals surface area contributed by atoms with E-state index in [1.807, 2.05) is 6.07 Å². The van der Waals surface area contributed by atoms with Gasteiger partial charge in [-0.25, -0.2) is 0 Å². The molecule has 3 nitrogen and oxygen atoms in total. The lowest BCUT2D eigenvalue weighted by Crippen LogP contribution is -2.37. The van der Waals surface area contributed by atoms with Crippen LogP contribution in [0.3, 0.4) is 0 Å². The smallest absolute Gasteiger partial charge is 0.0517 e. The van der Waals surface area contributed by atoms with E-state index in [4.69, 9.17) is 5.73 Å². The molecule has 2 rings (SSSR count). The van der Waals surface area contributed by atoms with E-state index < -0.39 is 0 Å². The van der Waals surface area contributed by atoms with E-state index in [-0.39, 0.29) is 0 Å². The van der Waals surface area contributed by atoms with Gasteiger partial charge in [-0.05, 0) is 67.5 Å². The maximum atomic E-state index is 5.95. The molecular weight excluding hydrogens is 290 g/mol. The van der Waals surface area contributed by atoms with E-state index in [2.05, 4.69) is 52.8 Å². The van der Waals surface area contributed by atoms with Crippen molar-refractivity contribution in [1.29, 1.82) is 0 Å². The molecule has 1 aromatic rings. The molecule has 2 N–H and O–H groups in total. The highest BCUT2D eigenvalue weighted by molar-refractivity contribution is 9.10. The van der Waals surface area contributed by atoms with E-state index in [1.165, 1.54) is 18.5 Å². The Morgan fingerprint density at radius 3 is 2.83 bits per heavy atom. The van der Waals surface area contributed by atoms with Crippen molar-refractivity contribution < 1.29 is 0 Å². The second-order valence-electron chi connectivity index (χ2n) is 5.41. The SMILES string of the molecule is Cc1cc(N2CCCC2CN(C)C)c(Br)cc1N. The first kappa shape index (κ1) is 13.7. The molecule has 0 saturated carbocycles. The number of rotatable bonds is 3. The Kier molecular flexibility index (Phi) is 4.17. The van der Waals surface area contributed by atoms with Gasteiger partial charge in [-0.3, -0.25) is 0 Å². The zero-order valence-electron chi connectivity index (χ0n) is 11.4. The van der Waals surface area contributed by atoms with E-state index in [1.54, 1.807) is 0 Å². The molecule has 1 fully saturated rings. The normalized spacial score (nSPS) is 19.8. The van der Waals surface area contributed by atoms with E-state index >= 15 is 0 Å². The quantitative estimate of drug-likeness (QED) is 0.871. The molecule has 1 aromatic carbocycles. The lowest BCUT2D eigenvalue weighted by Gasteiger charge is -2.30. The summed E-state index contributed by atoms with van der Waals surface area (Å²) in [6, 6.07) is 4.84. The Morgan fingerprint density at radius 2 is 2.17 bits per heavy atom. The minimum atomic E-state index is 0.610. The molecule has 1 heterocycles. The van der Waals surface area contributed by atoms with Crippen LogP contribution in [0.1, 0.15) is 18.4 Å². The van der Waals surface area contributed by atoms with Crippen LogP contribution in [0.25, 0.3) is 0 Å². The van der Waals surface area contributed by atoms with E-state index in [0.717, 1.165) is 28.8 Å². The van der Waals surface area contributed by atoms with Gasteiger partial charge in [0, 0.05) is 29.3 Å². The number of nitrogen functional groups attached to an aromatic ring is 1. The van der Waals surface area contributed by atoms with Crippen LogP contribution in [0.4, 0.5) is 11.4 Å². The van der Waals surface area contributed by atoms with E-state index in [9.17, 15) is 0 Å². The maximum Gasteiger partial charge on any atom is 0.0517 e. The van der Waals surface area contributed by atoms with Gasteiger partial charge < -0.3 is 15.5 Å². The molecule has 1 saturated heterocycles. The van der Waals surface area contributed by atoms with Crippen LogP contribution in [0.2, 0.25) is 0 Å². The zero-order chi connectivity index (χ0) is 13.3. The van der Waals surface area contributed by atoms with Crippen molar-refractivity contribution >= 4 is 27.3 Å². The molecular formula is C14H22BrN3. The fourth-order valence-electron chi connectivity index (χ4n) is 2.67. The number of aryl methyl sites for hydroxylation is 1. The average Bonchev–Trinajstić information content (AvgIpc) is 2.70. The highest BCUT2D eigenvalue weighted by Crippen LogP contribution is 2.35. The topological polar surface area (TPSA) is 32.5 Å². The van der Waals surface area contributed by atoms with Crippen LogP contribution in [0, 0.1) is 6.92 Å². The molecule has 4 heteroatoms. The molecule has 0 radical (unpaired) electrons. The fourth-order valence-corrected chi connectivity index (χ4v) is 3.25. The number of halogens is 1. The van der Waals surface area contributed by atoms with Gasteiger partial charge in [0.05, 0.1) is 5.69 Å². The predicted octanol–water partition coefficient (Wildman–Crippen LogP) is 2.87. The molecule has 0 aromatic heterocycles. The van der Waals surface area contributed by atoms with Gasteiger partial charge in [-0.15, -0.1) is 0 Å². The summed E-state index contributed by atoms with van der Waals surface area (Å²) in [4.78, 5) is 4.78. The predicted molar refractivity (Wildman–Crippen MR) is 82.2 cm³/mol. The van der Waals surface area contributed by atoms with Gasteiger partial charge in [0.15, 0.2) is 0 Å². The number of nitrogens with zero attached hydrogens (tertiary/aromatic N) is 2. The monoisotopic (exact) mass is 311 g/mol. The summed E-state index contributed by atoms with van der Waals surface area (Å²) in [5, 5.41) is 0. The van der Waals surface area contributed by atoms with Crippen molar-refractivity contribution in [1.82, 2.24) is 4.90 Å². The Bertz CT molecular complexity index is 431. The van der Waals surface area contributed by atoms with Crippen molar-refractivity contribution in [3.8, 4) is 0 Å². The Hall–Kier alpha value is -0.740. The fraction of sp³-hybridized carbons (Fsp3) is 0.571. The molecule has 0 amide bonds. The minimum Gasteiger partial charge on any atom is -0.398 e. The summed E-state index contributed by atoms with van der Waals surface area (Å²) in [6.45, 7) is 4.32. The third kappa shape index (κ3) is 2.81. The molecule has 1 unspecified atom stereocenters. The summed E-state index contributed by atoms with van der Waals surface area (Å²) in [6.07, 6.45) is 2.54. The van der Waals surface area contributed by atoms with Gasteiger partial charge in [0.1, 0.15) is 0 Å². The largest absolute Gasteiger partial charge is 0.398 e. The highest BCUT2D eigenvalue weighted by Gasteiger charge is 2.26. The highest BCUT2D eigenvalue weighted by atomic mass is 79.9. The lowest BCUT2D eigenvalue weighted by molar-refractivity contribution is 0.372. The van der Waals surface area contributed by atoms with Gasteiger partial charge in [0.25, 0.3) is 0 Å². The van der Waals surface area contributed by atoms with Crippen LogP contribution in [-0.2, 0) is 0 Å². The summed E-state index contributed by atoms with van der Waals surface area (Å²) >= 11 is 3.65. The molecule has 0 spiro atoms. The number of nitrogens with two attached hydrogens (primary N) is 1. The first-order chi connectivity index (χ1) is 8.49. The Labute approximate surface area is 118 Å². The van der Waals surface area contributed by atoms with Crippen molar-refractivity contribution in [3.05, 3.63) is 22.2 Å². The zero-order valence-corrected chi connectivity index (χ0v) is 13.0. The van der Waals surface area contributed by atoms with Crippen LogP contribution < -0.4 is 10.6 Å². The molecule has 1 atom stereocenters. The third-order valence-corrected chi connectivity index (χ3v) is 4.23. The van der Waals surface area contributed by atoms with E-state index in [0.29, 0.717) is 6.04 Å². The van der Waals surface area contributed by atoms with Crippen molar-refractivity contribution in [3.63, 3.8) is 0 Å². The van der Waals surface area contributed by atoms with Crippen molar-refractivity contribution in [2.75, 3.05) is 37.8 Å². The number of likely N-dealkylation sites (N-methyl/N-ethyl adjacent to an activating group) is 1. The number of hydrogen-bond acceptors (Lipinski definition) is 3. The Balaban J connectivity index is 2.27. The van der Waals surface area contributed by atoms with Crippen LogP contribution >= 0.6 is 15.9 Å². The second-order valence-corrected chi connectivity index (χ2v) is 6.27. The van der Waals surface area contributed by atoms with Gasteiger partial charge in [-0.2, -0.15) is 0 Å².